The summed E-state index contributed by atoms with van der Waals surface area (Å²) in [6.45, 7) is 2.01. The van der Waals surface area contributed by atoms with Gasteiger partial charge >= 0.3 is 23.6 Å². The summed E-state index contributed by atoms with van der Waals surface area (Å²) in [6, 6.07) is 18.6. The molecule has 13 heteroatoms. The van der Waals surface area contributed by atoms with Crippen LogP contribution in [0.15, 0.2) is 72.8 Å². The largest absolute Gasteiger partial charge is 0.478 e. The summed E-state index contributed by atoms with van der Waals surface area (Å²) in [5, 5.41) is 23.9. The number of benzene rings is 3. The van der Waals surface area contributed by atoms with E-state index < -0.39 is 58.6 Å². The SMILES string of the molecule is COC(=O)c1cc(C[C@H](NC(C)=O)C(=O)N[C@H]2CCCCN(Cc3ccc(-c4ccccc4)cc3)C2=O)ccc1C(F)(C(=O)O)C(=O)O. The first-order valence-corrected chi connectivity index (χ1v) is 15.2. The normalized spacial score (nSPS) is 15.5. The van der Waals surface area contributed by atoms with Gasteiger partial charge in [-0.15, -0.1) is 0 Å². The number of carbonyl (C=O) groups excluding carboxylic acids is 4. The van der Waals surface area contributed by atoms with Crippen LogP contribution in [0.5, 0.6) is 0 Å². The fraction of sp³-hybridized carbons (Fsp3) is 0.314. The molecule has 12 nitrogen and oxygen atoms in total. The van der Waals surface area contributed by atoms with Crippen LogP contribution in [0.3, 0.4) is 0 Å². The maximum Gasteiger partial charge on any atom is 0.358 e. The molecule has 48 heavy (non-hydrogen) atoms. The van der Waals surface area contributed by atoms with E-state index in [1.54, 1.807) is 4.90 Å². The van der Waals surface area contributed by atoms with Crippen LogP contribution >= 0.6 is 0 Å². The van der Waals surface area contributed by atoms with Crippen molar-refractivity contribution in [2.24, 2.45) is 0 Å². The summed E-state index contributed by atoms with van der Waals surface area (Å²) >= 11 is 0. The van der Waals surface area contributed by atoms with Gasteiger partial charge in [-0.2, -0.15) is 0 Å². The molecule has 0 saturated carbocycles. The molecule has 4 N–H and O–H groups in total. The lowest BCUT2D eigenvalue weighted by Gasteiger charge is -2.27. The van der Waals surface area contributed by atoms with E-state index in [-0.39, 0.29) is 17.9 Å². The molecular formula is C35H36FN3O9. The number of methoxy groups -OCH3 is 1. The van der Waals surface area contributed by atoms with Gasteiger partial charge in [-0.3, -0.25) is 14.4 Å². The molecule has 1 heterocycles. The number of nitrogens with zero attached hydrogens (tertiary/aromatic N) is 1. The maximum atomic E-state index is 15.2. The molecule has 0 unspecified atom stereocenters. The molecule has 3 amide bonds. The van der Waals surface area contributed by atoms with Crippen LogP contribution in [0.25, 0.3) is 11.1 Å². The molecule has 3 aromatic rings. The number of aliphatic carboxylic acids is 2. The second kappa shape index (κ2) is 15.3. The van der Waals surface area contributed by atoms with E-state index in [9.17, 15) is 39.0 Å². The molecule has 0 spiro atoms. The lowest BCUT2D eigenvalue weighted by molar-refractivity contribution is -0.168. The van der Waals surface area contributed by atoms with Gasteiger partial charge in [0, 0.05) is 32.0 Å². The lowest BCUT2D eigenvalue weighted by atomic mass is 9.89. The summed E-state index contributed by atoms with van der Waals surface area (Å²) in [5.41, 5.74) is -2.45. The number of amides is 3. The molecule has 0 bridgehead atoms. The van der Waals surface area contributed by atoms with E-state index in [0.717, 1.165) is 48.4 Å². The molecule has 1 aliphatic heterocycles. The van der Waals surface area contributed by atoms with Crippen molar-refractivity contribution in [2.45, 2.75) is 56.9 Å². The van der Waals surface area contributed by atoms with Crippen LogP contribution in [-0.2, 0) is 47.3 Å². The number of esters is 1. The van der Waals surface area contributed by atoms with Gasteiger partial charge in [-0.1, -0.05) is 66.7 Å². The minimum Gasteiger partial charge on any atom is -0.478 e. The minimum atomic E-state index is -3.97. The van der Waals surface area contributed by atoms with E-state index in [4.69, 9.17) is 0 Å². The third kappa shape index (κ3) is 8.03. The van der Waals surface area contributed by atoms with E-state index in [1.165, 1.54) is 6.92 Å². The summed E-state index contributed by atoms with van der Waals surface area (Å²) in [5.74, 6) is -7.47. The average molecular weight is 662 g/mol. The number of hydrogen-bond acceptors (Lipinski definition) is 7. The van der Waals surface area contributed by atoms with Crippen molar-refractivity contribution in [3.05, 3.63) is 95.1 Å². The number of ether oxygens (including phenoxy) is 1. The van der Waals surface area contributed by atoms with E-state index in [2.05, 4.69) is 15.4 Å². The smallest absolute Gasteiger partial charge is 0.358 e. The number of hydrogen-bond donors (Lipinski definition) is 4. The number of nitrogens with one attached hydrogen (secondary N) is 2. The van der Waals surface area contributed by atoms with E-state index in [1.807, 2.05) is 54.6 Å². The highest BCUT2D eigenvalue weighted by molar-refractivity contribution is 6.06. The number of rotatable bonds is 12. The topological polar surface area (TPSA) is 179 Å². The Labute approximate surface area is 275 Å². The van der Waals surface area contributed by atoms with Crippen LogP contribution in [-0.4, -0.2) is 76.5 Å². The second-order valence-electron chi connectivity index (χ2n) is 11.5. The number of carboxylic acids is 2. The van der Waals surface area contributed by atoms with Gasteiger partial charge in [0.25, 0.3) is 0 Å². The Balaban J connectivity index is 1.52. The molecule has 3 aromatic carbocycles. The van der Waals surface area contributed by atoms with Crippen molar-refractivity contribution in [1.29, 1.82) is 0 Å². The highest BCUT2D eigenvalue weighted by atomic mass is 19.1. The quantitative estimate of drug-likeness (QED) is 0.168. The molecule has 1 aliphatic rings. The maximum absolute atomic E-state index is 15.2. The molecule has 0 radical (unpaired) electrons. The summed E-state index contributed by atoms with van der Waals surface area (Å²) in [6.07, 6.45) is 1.48. The molecular weight excluding hydrogens is 625 g/mol. The van der Waals surface area contributed by atoms with Crippen molar-refractivity contribution in [2.75, 3.05) is 13.7 Å². The zero-order chi connectivity index (χ0) is 35.0. The van der Waals surface area contributed by atoms with Crippen molar-refractivity contribution in [3.8, 4) is 11.1 Å². The predicted octanol–water partition coefficient (Wildman–Crippen LogP) is 3.22. The second-order valence-corrected chi connectivity index (χ2v) is 11.5. The number of carboxylic acid groups (broad SMARTS) is 2. The Kier molecular flexibility index (Phi) is 11.3. The van der Waals surface area contributed by atoms with E-state index in [0.29, 0.717) is 25.9 Å². The molecule has 2 atom stereocenters. The van der Waals surface area contributed by atoms with Crippen molar-refractivity contribution in [1.82, 2.24) is 15.5 Å². The highest BCUT2D eigenvalue weighted by Gasteiger charge is 2.51. The van der Waals surface area contributed by atoms with Crippen molar-refractivity contribution < 1.29 is 48.1 Å². The number of alkyl halides is 1. The summed E-state index contributed by atoms with van der Waals surface area (Å²) in [4.78, 5) is 76.6. The molecule has 0 aromatic heterocycles. The highest BCUT2D eigenvalue weighted by Crippen LogP contribution is 2.32. The first-order valence-electron chi connectivity index (χ1n) is 15.2. The predicted molar refractivity (Wildman–Crippen MR) is 170 cm³/mol. The lowest BCUT2D eigenvalue weighted by Crippen LogP contribution is -2.54. The Hall–Kier alpha value is -5.59. The monoisotopic (exact) mass is 661 g/mol. The van der Waals surface area contributed by atoms with Crippen LogP contribution in [0.2, 0.25) is 0 Å². The third-order valence-corrected chi connectivity index (χ3v) is 8.12. The summed E-state index contributed by atoms with van der Waals surface area (Å²) in [7, 11) is 0.945. The van der Waals surface area contributed by atoms with Gasteiger partial charge in [-0.05, 0) is 47.6 Å². The number of likely N-dealkylation sites (tertiary alicyclic amines) is 1. The van der Waals surface area contributed by atoms with Gasteiger partial charge < -0.3 is 30.5 Å². The standard InChI is InChI=1S/C35H36FN3O9/c1-21(40)37-29(19-23-13-16-27(26(18-23)32(43)48-2)35(36,33(44)45)34(46)47)30(41)38-28-10-6-7-17-39(31(28)42)20-22-11-14-25(15-12-22)24-8-4-3-5-9-24/h3-5,8-9,11-16,18,28-29H,6-7,10,17,19-20H2,1-2H3,(H,37,40)(H,38,41)(H,44,45)(H,46,47)/t28-,29-/m0/s1. The zero-order valence-electron chi connectivity index (χ0n) is 26.4. The number of halogens is 1. The van der Waals surface area contributed by atoms with Crippen LogP contribution in [0.4, 0.5) is 4.39 Å². The Morgan fingerprint density at radius 3 is 2.17 bits per heavy atom. The van der Waals surface area contributed by atoms with Crippen molar-refractivity contribution in [3.63, 3.8) is 0 Å². The fourth-order valence-electron chi connectivity index (χ4n) is 5.63. The minimum absolute atomic E-state index is 0.152. The van der Waals surface area contributed by atoms with Crippen molar-refractivity contribution >= 4 is 35.6 Å². The van der Waals surface area contributed by atoms with E-state index >= 15 is 4.39 Å². The van der Waals surface area contributed by atoms with Gasteiger partial charge in [0.05, 0.1) is 12.7 Å². The van der Waals surface area contributed by atoms with Crippen LogP contribution in [0, 0.1) is 0 Å². The Morgan fingerprint density at radius 2 is 1.56 bits per heavy atom. The summed E-state index contributed by atoms with van der Waals surface area (Å²) < 4.78 is 19.9. The van der Waals surface area contributed by atoms with Gasteiger partial charge in [-0.25, -0.2) is 18.8 Å². The van der Waals surface area contributed by atoms with Gasteiger partial charge in [0.2, 0.25) is 17.7 Å². The molecule has 4 rings (SSSR count). The zero-order valence-corrected chi connectivity index (χ0v) is 26.4. The molecule has 1 fully saturated rings. The van der Waals surface area contributed by atoms with Crippen LogP contribution in [0.1, 0.15) is 53.2 Å². The molecule has 252 valence electrons. The number of carbonyl (C=O) groups is 6. The average Bonchev–Trinajstić information content (AvgIpc) is 3.24. The Bertz CT molecular complexity index is 1680. The molecule has 1 saturated heterocycles. The third-order valence-electron chi connectivity index (χ3n) is 8.12. The van der Waals surface area contributed by atoms with Gasteiger partial charge in [0.15, 0.2) is 0 Å². The molecule has 0 aliphatic carbocycles. The first kappa shape index (κ1) is 35.3. The first-order chi connectivity index (χ1) is 22.8. The van der Waals surface area contributed by atoms with Crippen LogP contribution < -0.4 is 10.6 Å². The van der Waals surface area contributed by atoms with Gasteiger partial charge in [0.1, 0.15) is 12.1 Å². The Morgan fingerprint density at radius 1 is 0.938 bits per heavy atom. The fourth-order valence-corrected chi connectivity index (χ4v) is 5.63.